The maximum atomic E-state index is 10.1. The van der Waals surface area contributed by atoms with E-state index in [1.54, 1.807) is 0 Å². The third kappa shape index (κ3) is 1.28. The van der Waals surface area contributed by atoms with Gasteiger partial charge in [0, 0.05) is 5.41 Å². The lowest BCUT2D eigenvalue weighted by Gasteiger charge is -2.29. The number of rotatable bonds is 2. The largest absolute Gasteiger partial charge is 0.386 e. The van der Waals surface area contributed by atoms with Crippen LogP contribution in [0.4, 0.5) is 0 Å². The molecule has 5 atom stereocenters. The SMILES string of the molecule is C[C@@H]1CO[C@]2(N=C(N)[C@@]3(C#N)[C@](C)(Cc4ccccc4)[C@@]23C#N)O1. The van der Waals surface area contributed by atoms with Gasteiger partial charge in [0.05, 0.1) is 24.8 Å². The predicted octanol–water partition coefficient (Wildman–Crippen LogP) is 1.73. The van der Waals surface area contributed by atoms with Crippen LogP contribution in [0, 0.1) is 38.9 Å². The molecule has 0 bridgehead atoms. The molecule has 122 valence electrons. The lowest BCUT2D eigenvalue weighted by molar-refractivity contribution is -0.199. The number of fused-ring (bicyclic) bond motifs is 2. The standard InChI is InChI=1S/C18H18N4O2/c1-12-9-23-18(24-12)17(11-20)15(2,8-13-6-4-3-5-7-13)16(17,10-19)14(21)22-18/h3-7,12H,8-9H2,1-2H3,(H2,21,22)/t12-,15+,16+,17-,18+/m1/s1. The van der Waals surface area contributed by atoms with Gasteiger partial charge >= 0.3 is 0 Å². The first-order valence-electron chi connectivity index (χ1n) is 7.97. The fourth-order valence-electron chi connectivity index (χ4n) is 4.81. The van der Waals surface area contributed by atoms with Gasteiger partial charge in [-0.1, -0.05) is 37.3 Å². The van der Waals surface area contributed by atoms with Gasteiger partial charge in [-0.15, -0.1) is 0 Å². The highest BCUT2D eigenvalue weighted by Gasteiger charge is 2.99. The Morgan fingerprint density at radius 2 is 2.00 bits per heavy atom. The summed E-state index contributed by atoms with van der Waals surface area (Å²) in [5.41, 5.74) is 4.03. The summed E-state index contributed by atoms with van der Waals surface area (Å²) in [5, 5.41) is 20.1. The molecule has 2 fully saturated rings. The van der Waals surface area contributed by atoms with Crippen molar-refractivity contribution in [3.8, 4) is 12.1 Å². The molecule has 24 heavy (non-hydrogen) atoms. The Hall–Kier alpha value is -2.41. The van der Waals surface area contributed by atoms with Crippen molar-refractivity contribution in [1.29, 1.82) is 10.5 Å². The third-order valence-corrected chi connectivity index (χ3v) is 5.89. The van der Waals surface area contributed by atoms with E-state index < -0.39 is 22.2 Å². The van der Waals surface area contributed by atoms with Gasteiger partial charge in [0.1, 0.15) is 11.3 Å². The minimum atomic E-state index is -1.48. The van der Waals surface area contributed by atoms with E-state index >= 15 is 0 Å². The molecule has 1 aliphatic carbocycles. The van der Waals surface area contributed by atoms with Gasteiger partial charge in [-0.2, -0.15) is 10.5 Å². The molecule has 3 aliphatic rings. The molecule has 2 aliphatic heterocycles. The Morgan fingerprint density at radius 3 is 2.54 bits per heavy atom. The lowest BCUT2D eigenvalue weighted by Crippen LogP contribution is -2.41. The number of hydrogen-bond donors (Lipinski definition) is 1. The van der Waals surface area contributed by atoms with E-state index in [0.29, 0.717) is 13.0 Å². The van der Waals surface area contributed by atoms with Crippen LogP contribution in [-0.2, 0) is 15.9 Å². The Balaban J connectivity index is 1.87. The van der Waals surface area contributed by atoms with Crippen LogP contribution in [0.3, 0.4) is 0 Å². The van der Waals surface area contributed by atoms with E-state index in [-0.39, 0.29) is 11.9 Å². The molecular weight excluding hydrogens is 304 g/mol. The van der Waals surface area contributed by atoms with Crippen molar-refractivity contribution in [2.24, 2.45) is 27.0 Å². The summed E-state index contributed by atoms with van der Waals surface area (Å²) in [5.74, 6) is -1.34. The van der Waals surface area contributed by atoms with Crippen LogP contribution in [0.5, 0.6) is 0 Å². The molecule has 0 unspecified atom stereocenters. The molecule has 0 radical (unpaired) electrons. The number of amidine groups is 1. The van der Waals surface area contributed by atoms with E-state index in [9.17, 15) is 10.5 Å². The molecule has 2 heterocycles. The van der Waals surface area contributed by atoms with Crippen molar-refractivity contribution in [1.82, 2.24) is 0 Å². The number of nitrogens with two attached hydrogens (primary N) is 1. The monoisotopic (exact) mass is 322 g/mol. The topological polar surface area (TPSA) is 104 Å². The zero-order valence-corrected chi connectivity index (χ0v) is 13.6. The zero-order chi connectivity index (χ0) is 17.2. The van der Waals surface area contributed by atoms with Gasteiger partial charge in [-0.3, -0.25) is 0 Å². The van der Waals surface area contributed by atoms with Crippen molar-refractivity contribution in [2.75, 3.05) is 6.61 Å². The van der Waals surface area contributed by atoms with Crippen molar-refractivity contribution >= 4 is 5.84 Å². The van der Waals surface area contributed by atoms with Crippen LogP contribution in [-0.4, -0.2) is 24.5 Å². The van der Waals surface area contributed by atoms with Crippen molar-refractivity contribution in [3.05, 3.63) is 35.9 Å². The van der Waals surface area contributed by atoms with Gasteiger partial charge in [0.25, 0.3) is 5.91 Å². The second-order valence-electron chi connectivity index (χ2n) is 7.04. The average molecular weight is 322 g/mol. The second-order valence-corrected chi connectivity index (χ2v) is 7.04. The minimum absolute atomic E-state index is 0.138. The summed E-state index contributed by atoms with van der Waals surface area (Å²) in [6.45, 7) is 4.09. The maximum Gasteiger partial charge on any atom is 0.293 e. The zero-order valence-electron chi connectivity index (χ0n) is 13.6. The van der Waals surface area contributed by atoms with E-state index in [4.69, 9.17) is 15.2 Å². The fourth-order valence-corrected chi connectivity index (χ4v) is 4.81. The molecule has 1 aromatic carbocycles. The van der Waals surface area contributed by atoms with Crippen molar-refractivity contribution in [2.45, 2.75) is 32.3 Å². The summed E-state index contributed by atoms with van der Waals surface area (Å²) < 4.78 is 11.8. The van der Waals surface area contributed by atoms with Crippen LogP contribution < -0.4 is 5.73 Å². The van der Waals surface area contributed by atoms with Crippen LogP contribution >= 0.6 is 0 Å². The molecule has 1 spiro atoms. The molecule has 1 saturated heterocycles. The molecule has 0 amide bonds. The van der Waals surface area contributed by atoms with Gasteiger partial charge in [-0.05, 0) is 18.9 Å². The van der Waals surface area contributed by atoms with Crippen LogP contribution in [0.15, 0.2) is 35.3 Å². The summed E-state index contributed by atoms with van der Waals surface area (Å²) in [4.78, 5) is 4.33. The highest BCUT2D eigenvalue weighted by Crippen LogP contribution is 2.86. The van der Waals surface area contributed by atoms with Crippen LogP contribution in [0.25, 0.3) is 0 Å². The van der Waals surface area contributed by atoms with E-state index in [1.165, 1.54) is 0 Å². The molecule has 1 saturated carbocycles. The van der Waals surface area contributed by atoms with Crippen LogP contribution in [0.1, 0.15) is 19.4 Å². The number of benzene rings is 1. The van der Waals surface area contributed by atoms with Crippen molar-refractivity contribution < 1.29 is 9.47 Å². The molecule has 1 aromatic rings. The highest BCUT2D eigenvalue weighted by atomic mass is 16.8. The number of aliphatic imine (C=N–C) groups is 1. The Bertz CT molecular complexity index is 826. The summed E-state index contributed by atoms with van der Waals surface area (Å²) in [6, 6.07) is 14.4. The quantitative estimate of drug-likeness (QED) is 0.892. The van der Waals surface area contributed by atoms with E-state index in [1.807, 2.05) is 44.2 Å². The van der Waals surface area contributed by atoms with Gasteiger partial charge in [0.2, 0.25) is 0 Å². The number of ether oxygens (including phenoxy) is 2. The second kappa shape index (κ2) is 4.36. The normalized spacial score (nSPS) is 45.3. The van der Waals surface area contributed by atoms with E-state index in [2.05, 4.69) is 17.1 Å². The fraction of sp³-hybridized carbons (Fsp3) is 0.500. The molecular formula is C18H18N4O2. The van der Waals surface area contributed by atoms with Crippen LogP contribution in [0.2, 0.25) is 0 Å². The predicted molar refractivity (Wildman–Crippen MR) is 85.2 cm³/mol. The summed E-state index contributed by atoms with van der Waals surface area (Å²) >= 11 is 0. The number of hydrogen-bond acceptors (Lipinski definition) is 6. The minimum Gasteiger partial charge on any atom is -0.386 e. The van der Waals surface area contributed by atoms with Gasteiger partial charge in [0.15, 0.2) is 5.41 Å². The first-order valence-corrected chi connectivity index (χ1v) is 7.97. The maximum absolute atomic E-state index is 10.1. The molecule has 0 aromatic heterocycles. The Labute approximate surface area is 140 Å². The Kier molecular flexibility index (Phi) is 2.75. The molecule has 6 nitrogen and oxygen atoms in total. The summed E-state index contributed by atoms with van der Waals surface area (Å²) in [7, 11) is 0. The highest BCUT2D eigenvalue weighted by molar-refractivity contribution is 6.00. The summed E-state index contributed by atoms with van der Waals surface area (Å²) in [6.07, 6.45) is 0.316. The molecule has 2 N–H and O–H groups in total. The first-order chi connectivity index (χ1) is 11.4. The van der Waals surface area contributed by atoms with Crippen molar-refractivity contribution in [3.63, 3.8) is 0 Å². The Morgan fingerprint density at radius 1 is 1.29 bits per heavy atom. The van der Waals surface area contributed by atoms with Gasteiger partial charge in [-0.25, -0.2) is 4.99 Å². The smallest absolute Gasteiger partial charge is 0.293 e. The number of nitriles is 2. The molecule has 6 heteroatoms. The lowest BCUT2D eigenvalue weighted by atomic mass is 9.85. The average Bonchev–Trinajstić information content (AvgIpc) is 2.77. The van der Waals surface area contributed by atoms with E-state index in [0.717, 1.165) is 5.56 Å². The third-order valence-electron chi connectivity index (χ3n) is 5.89. The number of nitrogens with zero attached hydrogens (tertiary/aromatic N) is 3. The molecule has 4 rings (SSSR count). The first kappa shape index (κ1) is 15.1. The van der Waals surface area contributed by atoms with Gasteiger partial charge < -0.3 is 15.2 Å².